The Kier molecular flexibility index (Phi) is 3.08. The Bertz CT molecular complexity index is 512. The first kappa shape index (κ1) is 10.5. The average molecular weight is 229 g/mol. The summed E-state index contributed by atoms with van der Waals surface area (Å²) < 4.78 is 0. The second kappa shape index (κ2) is 4.69. The van der Waals surface area contributed by atoms with E-state index in [1.165, 1.54) is 4.88 Å². The summed E-state index contributed by atoms with van der Waals surface area (Å²) in [5.74, 6) is 0. The van der Waals surface area contributed by atoms with E-state index in [9.17, 15) is 0 Å². The first-order chi connectivity index (χ1) is 7.79. The Labute approximate surface area is 98.1 Å². The van der Waals surface area contributed by atoms with Crippen LogP contribution in [0.25, 0.3) is 0 Å². The van der Waals surface area contributed by atoms with Crippen LogP contribution in [-0.4, -0.2) is 0 Å². The standard InChI is InChI=1S/C12H11N3S/c13-7-9-3-4-10(6-12(9)14)15-8-11-2-1-5-16-11/h1-6,15H,8,14H2. The van der Waals surface area contributed by atoms with E-state index in [-0.39, 0.29) is 0 Å². The second-order valence-corrected chi connectivity index (χ2v) is 4.38. The molecule has 0 saturated carbocycles. The molecule has 0 saturated heterocycles. The topological polar surface area (TPSA) is 61.8 Å². The third-order valence-electron chi connectivity index (χ3n) is 2.22. The number of anilines is 2. The van der Waals surface area contributed by atoms with Gasteiger partial charge in [-0.3, -0.25) is 0 Å². The Morgan fingerprint density at radius 2 is 2.25 bits per heavy atom. The predicted octanol–water partition coefficient (Wildman–Crippen LogP) is 2.81. The lowest BCUT2D eigenvalue weighted by atomic mass is 10.2. The van der Waals surface area contributed by atoms with Crippen LogP contribution in [0.4, 0.5) is 11.4 Å². The van der Waals surface area contributed by atoms with E-state index in [2.05, 4.69) is 11.4 Å². The molecule has 0 aliphatic rings. The fourth-order valence-electron chi connectivity index (χ4n) is 1.38. The summed E-state index contributed by atoms with van der Waals surface area (Å²) in [7, 11) is 0. The van der Waals surface area contributed by atoms with E-state index in [1.807, 2.05) is 23.6 Å². The van der Waals surface area contributed by atoms with E-state index in [0.717, 1.165) is 12.2 Å². The molecule has 0 spiro atoms. The Morgan fingerprint density at radius 3 is 2.88 bits per heavy atom. The van der Waals surface area contributed by atoms with Crippen LogP contribution in [0.15, 0.2) is 35.7 Å². The average Bonchev–Trinajstić information content (AvgIpc) is 2.79. The number of thiophene rings is 1. The quantitative estimate of drug-likeness (QED) is 0.795. The highest BCUT2D eigenvalue weighted by Crippen LogP contribution is 2.18. The fourth-order valence-corrected chi connectivity index (χ4v) is 2.02. The van der Waals surface area contributed by atoms with Gasteiger partial charge in [-0.25, -0.2) is 0 Å². The summed E-state index contributed by atoms with van der Waals surface area (Å²) in [5.41, 5.74) is 7.68. The minimum Gasteiger partial charge on any atom is -0.398 e. The van der Waals surface area contributed by atoms with Crippen LogP contribution in [0, 0.1) is 11.3 Å². The van der Waals surface area contributed by atoms with Crippen LogP contribution in [-0.2, 0) is 6.54 Å². The number of nitrogens with two attached hydrogens (primary N) is 1. The lowest BCUT2D eigenvalue weighted by Gasteiger charge is -2.06. The molecule has 0 radical (unpaired) electrons. The van der Waals surface area contributed by atoms with Gasteiger partial charge < -0.3 is 11.1 Å². The molecule has 4 heteroatoms. The molecule has 80 valence electrons. The van der Waals surface area contributed by atoms with Crippen molar-refractivity contribution in [1.29, 1.82) is 5.26 Å². The second-order valence-electron chi connectivity index (χ2n) is 3.35. The van der Waals surface area contributed by atoms with E-state index in [4.69, 9.17) is 11.0 Å². The van der Waals surface area contributed by atoms with Gasteiger partial charge in [-0.15, -0.1) is 11.3 Å². The largest absolute Gasteiger partial charge is 0.398 e. The molecule has 0 aliphatic heterocycles. The molecule has 16 heavy (non-hydrogen) atoms. The minimum atomic E-state index is 0.513. The molecule has 1 aromatic heterocycles. The molecule has 1 heterocycles. The van der Waals surface area contributed by atoms with Crippen LogP contribution in [0.5, 0.6) is 0 Å². The molecule has 2 aromatic rings. The van der Waals surface area contributed by atoms with Gasteiger partial charge in [0.1, 0.15) is 6.07 Å². The molecule has 0 aliphatic carbocycles. The molecule has 0 amide bonds. The summed E-state index contributed by atoms with van der Waals surface area (Å²) in [4.78, 5) is 1.27. The molecule has 2 rings (SSSR count). The monoisotopic (exact) mass is 229 g/mol. The van der Waals surface area contributed by atoms with Crippen molar-refractivity contribution in [2.45, 2.75) is 6.54 Å². The number of benzene rings is 1. The normalized spacial score (nSPS) is 9.69. The number of rotatable bonds is 3. The van der Waals surface area contributed by atoms with E-state index < -0.39 is 0 Å². The SMILES string of the molecule is N#Cc1ccc(NCc2cccs2)cc1N. The molecular formula is C12H11N3S. The first-order valence-corrected chi connectivity index (χ1v) is 5.73. The van der Waals surface area contributed by atoms with Crippen LogP contribution < -0.4 is 11.1 Å². The Balaban J connectivity index is 2.06. The van der Waals surface area contributed by atoms with Crippen molar-refractivity contribution in [3.63, 3.8) is 0 Å². The predicted molar refractivity (Wildman–Crippen MR) is 67.2 cm³/mol. The highest BCUT2D eigenvalue weighted by Gasteiger charge is 2.00. The van der Waals surface area contributed by atoms with Gasteiger partial charge in [0.25, 0.3) is 0 Å². The third kappa shape index (κ3) is 2.33. The lowest BCUT2D eigenvalue weighted by molar-refractivity contribution is 1.19. The zero-order chi connectivity index (χ0) is 11.4. The van der Waals surface area contributed by atoms with E-state index in [0.29, 0.717) is 11.3 Å². The van der Waals surface area contributed by atoms with Crippen molar-refractivity contribution in [3.05, 3.63) is 46.2 Å². The van der Waals surface area contributed by atoms with Crippen LogP contribution in [0.3, 0.4) is 0 Å². The van der Waals surface area contributed by atoms with Gasteiger partial charge in [0.15, 0.2) is 0 Å². The van der Waals surface area contributed by atoms with Gasteiger partial charge in [0.2, 0.25) is 0 Å². The summed E-state index contributed by atoms with van der Waals surface area (Å²) in [6, 6.07) is 11.5. The smallest absolute Gasteiger partial charge is 0.101 e. The van der Waals surface area contributed by atoms with Gasteiger partial charge in [0, 0.05) is 17.1 Å². The first-order valence-electron chi connectivity index (χ1n) is 4.85. The van der Waals surface area contributed by atoms with Crippen LogP contribution in [0.2, 0.25) is 0 Å². The number of hydrogen-bond donors (Lipinski definition) is 2. The fraction of sp³-hybridized carbons (Fsp3) is 0.0833. The Morgan fingerprint density at radius 1 is 1.38 bits per heavy atom. The van der Waals surface area contributed by atoms with E-state index >= 15 is 0 Å². The molecule has 3 nitrogen and oxygen atoms in total. The van der Waals surface area contributed by atoms with Crippen molar-refractivity contribution in [1.82, 2.24) is 0 Å². The van der Waals surface area contributed by atoms with Gasteiger partial charge >= 0.3 is 0 Å². The number of nitrogens with one attached hydrogen (secondary N) is 1. The number of nitrogen functional groups attached to an aromatic ring is 1. The minimum absolute atomic E-state index is 0.513. The molecule has 0 atom stereocenters. The van der Waals surface area contributed by atoms with Crippen molar-refractivity contribution in [2.75, 3.05) is 11.1 Å². The summed E-state index contributed by atoms with van der Waals surface area (Å²) in [5, 5.41) is 14.0. The number of nitriles is 1. The maximum Gasteiger partial charge on any atom is 0.101 e. The molecule has 0 unspecified atom stereocenters. The molecule has 0 fully saturated rings. The van der Waals surface area contributed by atoms with Crippen molar-refractivity contribution in [2.24, 2.45) is 0 Å². The maximum atomic E-state index is 8.74. The third-order valence-corrected chi connectivity index (χ3v) is 3.10. The van der Waals surface area contributed by atoms with Crippen LogP contribution in [0.1, 0.15) is 10.4 Å². The lowest BCUT2D eigenvalue weighted by Crippen LogP contribution is -1.99. The highest BCUT2D eigenvalue weighted by atomic mass is 32.1. The van der Waals surface area contributed by atoms with Crippen molar-refractivity contribution < 1.29 is 0 Å². The van der Waals surface area contributed by atoms with Gasteiger partial charge in [0.05, 0.1) is 11.3 Å². The summed E-state index contributed by atoms with van der Waals surface area (Å²) in [6.45, 7) is 0.781. The van der Waals surface area contributed by atoms with E-state index in [1.54, 1.807) is 23.5 Å². The van der Waals surface area contributed by atoms with Gasteiger partial charge in [-0.05, 0) is 29.6 Å². The Hall–Kier alpha value is -1.99. The molecule has 3 N–H and O–H groups in total. The molecular weight excluding hydrogens is 218 g/mol. The summed E-state index contributed by atoms with van der Waals surface area (Å²) >= 11 is 1.71. The van der Waals surface area contributed by atoms with Gasteiger partial charge in [-0.1, -0.05) is 6.07 Å². The number of hydrogen-bond acceptors (Lipinski definition) is 4. The van der Waals surface area contributed by atoms with Crippen molar-refractivity contribution >= 4 is 22.7 Å². The maximum absolute atomic E-state index is 8.74. The van der Waals surface area contributed by atoms with Crippen molar-refractivity contribution in [3.8, 4) is 6.07 Å². The summed E-state index contributed by atoms with van der Waals surface area (Å²) in [6.07, 6.45) is 0. The zero-order valence-corrected chi connectivity index (χ0v) is 9.42. The molecule has 0 bridgehead atoms. The highest BCUT2D eigenvalue weighted by molar-refractivity contribution is 7.09. The zero-order valence-electron chi connectivity index (χ0n) is 8.60. The number of nitrogens with zero attached hydrogens (tertiary/aromatic N) is 1. The molecule has 1 aromatic carbocycles. The van der Waals surface area contributed by atoms with Gasteiger partial charge in [-0.2, -0.15) is 5.26 Å². The van der Waals surface area contributed by atoms with Crippen LogP contribution >= 0.6 is 11.3 Å².